The first-order valence-electron chi connectivity index (χ1n) is 7.74. The van der Waals surface area contributed by atoms with Gasteiger partial charge in [0.05, 0.1) is 17.1 Å². The number of urea groups is 1. The fourth-order valence-electron chi connectivity index (χ4n) is 2.77. The van der Waals surface area contributed by atoms with Gasteiger partial charge in [0.2, 0.25) is 10.0 Å². The first kappa shape index (κ1) is 16.0. The third-order valence-electron chi connectivity index (χ3n) is 4.27. The van der Waals surface area contributed by atoms with Crippen LogP contribution in [-0.2, 0) is 10.0 Å². The van der Waals surface area contributed by atoms with Crippen LogP contribution < -0.4 is 14.9 Å². The van der Waals surface area contributed by atoms with Gasteiger partial charge in [0.25, 0.3) is 0 Å². The maximum atomic E-state index is 13.9. The Morgan fingerprint density at radius 3 is 2.74 bits per heavy atom. The van der Waals surface area contributed by atoms with Crippen LogP contribution in [0.2, 0.25) is 0 Å². The van der Waals surface area contributed by atoms with Gasteiger partial charge >= 0.3 is 6.03 Å². The molecule has 0 unspecified atom stereocenters. The number of carbonyl (C=O) groups excluding carboxylic acids is 1. The quantitative estimate of drug-likeness (QED) is 0.882. The summed E-state index contributed by atoms with van der Waals surface area (Å²) >= 11 is 0. The number of nitrogens with zero attached hydrogens (tertiary/aromatic N) is 1. The van der Waals surface area contributed by atoms with Crippen LogP contribution in [-0.4, -0.2) is 32.8 Å². The molecule has 23 heavy (non-hydrogen) atoms. The molecule has 1 atom stereocenters. The number of hydrogen-bond donors (Lipinski definition) is 2. The lowest BCUT2D eigenvalue weighted by atomic mass is 10.2. The Morgan fingerprint density at radius 1 is 1.39 bits per heavy atom. The molecular formula is C15H20FN3O3S. The van der Waals surface area contributed by atoms with Gasteiger partial charge in [-0.1, -0.05) is 0 Å². The van der Waals surface area contributed by atoms with E-state index in [0.717, 1.165) is 12.8 Å². The van der Waals surface area contributed by atoms with Crippen LogP contribution in [0.15, 0.2) is 18.2 Å². The number of benzene rings is 1. The molecule has 2 fully saturated rings. The zero-order valence-electron chi connectivity index (χ0n) is 12.9. The van der Waals surface area contributed by atoms with Gasteiger partial charge in [0.1, 0.15) is 5.82 Å². The van der Waals surface area contributed by atoms with Crippen molar-refractivity contribution in [3.63, 3.8) is 0 Å². The highest BCUT2D eigenvalue weighted by Gasteiger charge is 2.30. The summed E-state index contributed by atoms with van der Waals surface area (Å²) in [4.78, 5) is 11.9. The van der Waals surface area contributed by atoms with Crippen molar-refractivity contribution in [3.8, 4) is 0 Å². The van der Waals surface area contributed by atoms with Gasteiger partial charge in [-0.05, 0) is 50.3 Å². The van der Waals surface area contributed by atoms with E-state index in [9.17, 15) is 17.6 Å². The standard InChI is InChI=1S/C15H20FN3O3S/c1-10(11-3-4-11)17-15(20)18-14-9-12(5-6-13(14)16)19-7-2-8-23(19,21)22/h5-6,9-11H,2-4,7-8H2,1H3,(H2,17,18,20)/t10-/m1/s1. The fraction of sp³-hybridized carbons (Fsp3) is 0.533. The first-order chi connectivity index (χ1) is 10.9. The summed E-state index contributed by atoms with van der Waals surface area (Å²) in [6, 6.07) is 3.50. The smallest absolute Gasteiger partial charge is 0.319 e. The van der Waals surface area contributed by atoms with Crippen LogP contribution in [0, 0.1) is 11.7 Å². The molecule has 0 aromatic heterocycles. The van der Waals surface area contributed by atoms with E-state index in [1.54, 1.807) is 0 Å². The highest BCUT2D eigenvalue weighted by atomic mass is 32.2. The number of anilines is 2. The van der Waals surface area contributed by atoms with Gasteiger partial charge in [0, 0.05) is 12.6 Å². The molecule has 0 spiro atoms. The van der Waals surface area contributed by atoms with Crippen molar-refractivity contribution < 1.29 is 17.6 Å². The second-order valence-corrected chi connectivity index (χ2v) is 8.14. The van der Waals surface area contributed by atoms with Crippen molar-refractivity contribution in [2.24, 2.45) is 5.92 Å². The Bertz CT molecular complexity index is 719. The van der Waals surface area contributed by atoms with Gasteiger partial charge in [0.15, 0.2) is 0 Å². The maximum Gasteiger partial charge on any atom is 0.319 e. The molecule has 0 radical (unpaired) electrons. The van der Waals surface area contributed by atoms with E-state index in [-0.39, 0.29) is 17.5 Å². The molecule has 1 saturated heterocycles. The minimum atomic E-state index is -3.34. The molecule has 2 N–H and O–H groups in total. The van der Waals surface area contributed by atoms with Crippen LogP contribution in [0.5, 0.6) is 0 Å². The number of nitrogens with one attached hydrogen (secondary N) is 2. The Morgan fingerprint density at radius 2 is 2.13 bits per heavy atom. The van der Waals surface area contributed by atoms with Gasteiger partial charge in [-0.2, -0.15) is 0 Å². The Balaban J connectivity index is 1.74. The lowest BCUT2D eigenvalue weighted by molar-refractivity contribution is 0.248. The van der Waals surface area contributed by atoms with Crippen molar-refractivity contribution in [1.82, 2.24) is 5.32 Å². The van der Waals surface area contributed by atoms with Crippen molar-refractivity contribution in [3.05, 3.63) is 24.0 Å². The summed E-state index contributed by atoms with van der Waals surface area (Å²) in [7, 11) is -3.34. The van der Waals surface area contributed by atoms with Gasteiger partial charge in [-0.15, -0.1) is 0 Å². The van der Waals surface area contributed by atoms with E-state index in [4.69, 9.17) is 0 Å². The minimum absolute atomic E-state index is 0.0231. The second-order valence-electron chi connectivity index (χ2n) is 6.13. The summed E-state index contributed by atoms with van der Waals surface area (Å²) in [5.74, 6) is -0.0155. The Labute approximate surface area is 135 Å². The van der Waals surface area contributed by atoms with Gasteiger partial charge in [-0.25, -0.2) is 17.6 Å². The minimum Gasteiger partial charge on any atom is -0.335 e. The van der Waals surface area contributed by atoms with E-state index in [1.165, 1.54) is 22.5 Å². The van der Waals surface area contributed by atoms with Crippen LogP contribution in [0.4, 0.5) is 20.6 Å². The summed E-state index contributed by atoms with van der Waals surface area (Å²) in [5, 5.41) is 5.24. The van der Waals surface area contributed by atoms with E-state index in [1.807, 2.05) is 6.92 Å². The predicted octanol–water partition coefficient (Wildman–Crippen LogP) is 2.29. The second kappa shape index (κ2) is 5.99. The zero-order valence-corrected chi connectivity index (χ0v) is 13.7. The predicted molar refractivity (Wildman–Crippen MR) is 86.5 cm³/mol. The molecule has 1 heterocycles. The number of carbonyl (C=O) groups is 1. The number of rotatable bonds is 4. The monoisotopic (exact) mass is 341 g/mol. The molecule has 6 nitrogen and oxygen atoms in total. The molecule has 2 amide bonds. The largest absolute Gasteiger partial charge is 0.335 e. The molecule has 1 saturated carbocycles. The third kappa shape index (κ3) is 3.57. The lowest BCUT2D eigenvalue weighted by Crippen LogP contribution is -2.37. The topological polar surface area (TPSA) is 78.5 Å². The number of sulfonamides is 1. The highest BCUT2D eigenvalue weighted by Crippen LogP contribution is 2.32. The van der Waals surface area contributed by atoms with E-state index in [0.29, 0.717) is 24.6 Å². The van der Waals surface area contributed by atoms with E-state index < -0.39 is 21.9 Å². The van der Waals surface area contributed by atoms with Crippen molar-refractivity contribution in [1.29, 1.82) is 0 Å². The van der Waals surface area contributed by atoms with Crippen molar-refractivity contribution in [2.45, 2.75) is 32.2 Å². The van der Waals surface area contributed by atoms with Gasteiger partial charge < -0.3 is 10.6 Å². The molecule has 3 rings (SSSR count). The Hall–Kier alpha value is -1.83. The van der Waals surface area contributed by atoms with Crippen molar-refractivity contribution >= 4 is 27.4 Å². The molecule has 8 heteroatoms. The summed E-state index contributed by atoms with van der Waals surface area (Å²) in [6.07, 6.45) is 2.73. The first-order valence-corrected chi connectivity index (χ1v) is 9.35. The molecule has 1 aliphatic heterocycles. The molecule has 1 aromatic rings. The van der Waals surface area contributed by atoms with Crippen molar-refractivity contribution in [2.75, 3.05) is 21.9 Å². The molecular weight excluding hydrogens is 321 g/mol. The Kier molecular flexibility index (Phi) is 4.18. The van der Waals surface area contributed by atoms with Crippen LogP contribution >= 0.6 is 0 Å². The van der Waals surface area contributed by atoms with Crippen LogP contribution in [0.25, 0.3) is 0 Å². The average Bonchev–Trinajstić information content (AvgIpc) is 3.25. The molecule has 126 valence electrons. The van der Waals surface area contributed by atoms with Crippen LogP contribution in [0.1, 0.15) is 26.2 Å². The SMILES string of the molecule is C[C@@H](NC(=O)Nc1cc(N2CCCS2(=O)=O)ccc1F)C1CC1. The zero-order chi connectivity index (χ0) is 16.6. The number of halogens is 1. The van der Waals surface area contributed by atoms with Crippen LogP contribution in [0.3, 0.4) is 0 Å². The molecule has 1 aliphatic carbocycles. The molecule has 2 aliphatic rings. The average molecular weight is 341 g/mol. The highest BCUT2D eigenvalue weighted by molar-refractivity contribution is 7.93. The van der Waals surface area contributed by atoms with E-state index >= 15 is 0 Å². The van der Waals surface area contributed by atoms with E-state index in [2.05, 4.69) is 10.6 Å². The molecule has 1 aromatic carbocycles. The normalized spacial score (nSPS) is 21.0. The number of hydrogen-bond acceptors (Lipinski definition) is 3. The lowest BCUT2D eigenvalue weighted by Gasteiger charge is -2.19. The number of amides is 2. The van der Waals surface area contributed by atoms with Gasteiger partial charge in [-0.3, -0.25) is 4.31 Å². The summed E-state index contributed by atoms with van der Waals surface area (Å²) < 4.78 is 39.0. The summed E-state index contributed by atoms with van der Waals surface area (Å²) in [6.45, 7) is 2.29. The molecule has 0 bridgehead atoms. The fourth-order valence-corrected chi connectivity index (χ4v) is 4.33. The third-order valence-corrected chi connectivity index (χ3v) is 6.14. The summed E-state index contributed by atoms with van der Waals surface area (Å²) in [5.41, 5.74) is 0.347. The maximum absolute atomic E-state index is 13.9.